The zero-order chi connectivity index (χ0) is 23.8. The van der Waals surface area contributed by atoms with E-state index in [9.17, 15) is 4.79 Å². The van der Waals surface area contributed by atoms with Crippen molar-refractivity contribution in [2.24, 2.45) is 5.92 Å². The molecule has 0 bridgehead atoms. The summed E-state index contributed by atoms with van der Waals surface area (Å²) < 4.78 is 12.8. The zero-order valence-electron chi connectivity index (χ0n) is 20.3. The summed E-state index contributed by atoms with van der Waals surface area (Å²) in [5, 5.41) is 0. The quantitative estimate of drug-likeness (QED) is 0.143. The first-order chi connectivity index (χ1) is 17.1. The summed E-state index contributed by atoms with van der Waals surface area (Å²) in [6.45, 7) is 1.31. The molecule has 177 valence electrons. The van der Waals surface area contributed by atoms with Crippen molar-refractivity contribution in [3.8, 4) is 28.3 Å². The van der Waals surface area contributed by atoms with E-state index in [4.69, 9.17) is 19.0 Å². The molecule has 1 aliphatic heterocycles. The van der Waals surface area contributed by atoms with Crippen LogP contribution < -0.4 is 4.89 Å². The van der Waals surface area contributed by atoms with Crippen molar-refractivity contribution >= 4 is 35.5 Å². The molecular weight excluding hydrogens is 465 g/mol. The predicted molar refractivity (Wildman–Crippen MR) is 135 cm³/mol. The van der Waals surface area contributed by atoms with Crippen LogP contribution in [0.3, 0.4) is 0 Å². The van der Waals surface area contributed by atoms with Crippen LogP contribution in [-0.2, 0) is 26.4 Å². The average Bonchev–Trinajstić information content (AvgIpc) is 3.27. The number of carbonyl (C=O) groups is 1. The van der Waals surface area contributed by atoms with E-state index in [-0.39, 0.29) is 41.6 Å². The van der Waals surface area contributed by atoms with Crippen LogP contribution in [0.5, 0.6) is 5.75 Å². The number of rotatable bonds is 7. The third-order valence-corrected chi connectivity index (χ3v) is 6.82. The molecule has 7 heteroatoms. The fraction of sp³-hybridized carbons (Fsp3) is 0.241. The molecule has 6 nitrogen and oxygen atoms in total. The van der Waals surface area contributed by atoms with Crippen molar-refractivity contribution in [3.63, 3.8) is 0 Å². The van der Waals surface area contributed by atoms with E-state index in [0.29, 0.717) is 11.6 Å². The summed E-state index contributed by atoms with van der Waals surface area (Å²) in [6, 6.07) is 27.8. The van der Waals surface area contributed by atoms with E-state index >= 15 is 0 Å². The minimum atomic E-state index is -0.524. The Bertz CT molecular complexity index is 1300. The van der Waals surface area contributed by atoms with Gasteiger partial charge in [-0.2, -0.15) is 0 Å². The van der Waals surface area contributed by atoms with Gasteiger partial charge in [0.15, 0.2) is 17.1 Å². The number of hydrogen-bond acceptors (Lipinski definition) is 6. The van der Waals surface area contributed by atoms with Crippen LogP contribution in [0.4, 0.5) is 0 Å². The van der Waals surface area contributed by atoms with Crippen molar-refractivity contribution in [2.75, 3.05) is 0 Å². The molecule has 2 fully saturated rings. The van der Waals surface area contributed by atoms with E-state index in [1.54, 1.807) is 6.07 Å². The van der Waals surface area contributed by atoms with Gasteiger partial charge in [-0.25, -0.2) is 9.78 Å². The van der Waals surface area contributed by atoms with Crippen molar-refractivity contribution in [3.05, 3.63) is 96.4 Å². The molecule has 0 amide bonds. The first-order valence-electron chi connectivity index (χ1n) is 11.9. The number of carbonyl (C=O) groups excluding carboxylic acids is 1. The Labute approximate surface area is 231 Å². The second kappa shape index (κ2) is 10.2. The summed E-state index contributed by atoms with van der Waals surface area (Å²) in [7, 11) is 0. The smallest absolute Gasteiger partial charge is 0.352 e. The third-order valence-electron chi connectivity index (χ3n) is 6.82. The number of ether oxygens (including phenoxy) is 1. The topological polar surface area (TPSA) is 74.1 Å². The Balaban J connectivity index is 0.00000267. The van der Waals surface area contributed by atoms with Gasteiger partial charge in [0.05, 0.1) is 6.10 Å². The maximum atomic E-state index is 11.1. The van der Waals surface area contributed by atoms with Gasteiger partial charge in [0, 0.05) is 53.5 Å². The normalized spacial score (nSPS) is 21.8. The van der Waals surface area contributed by atoms with E-state index < -0.39 is 11.6 Å². The molecule has 2 unspecified atom stereocenters. The number of oxazole rings is 1. The Morgan fingerprint density at radius 1 is 0.972 bits per heavy atom. The maximum absolute atomic E-state index is 11.1. The van der Waals surface area contributed by atoms with Crippen LogP contribution in [0, 0.1) is 5.92 Å². The number of aromatic nitrogens is 1. The van der Waals surface area contributed by atoms with Crippen LogP contribution in [-0.4, -0.2) is 46.6 Å². The van der Waals surface area contributed by atoms with Crippen LogP contribution in [0.1, 0.15) is 31.2 Å². The van der Waals surface area contributed by atoms with Crippen molar-refractivity contribution < 1.29 is 23.7 Å². The number of nitrogens with zero attached hydrogens (tertiary/aromatic N) is 1. The molecule has 1 saturated heterocycles. The van der Waals surface area contributed by atoms with Gasteiger partial charge in [-0.1, -0.05) is 72.8 Å². The van der Waals surface area contributed by atoms with Crippen LogP contribution >= 0.6 is 0 Å². The van der Waals surface area contributed by atoms with Gasteiger partial charge in [0.25, 0.3) is 0 Å². The molecule has 4 aromatic rings. The molecule has 3 aromatic carbocycles. The molecule has 6 rings (SSSR count). The Kier molecular flexibility index (Phi) is 7.04. The van der Waals surface area contributed by atoms with E-state index in [0.717, 1.165) is 47.4 Å². The molecule has 2 heterocycles. The van der Waals surface area contributed by atoms with E-state index in [1.807, 2.05) is 66.7 Å². The van der Waals surface area contributed by atoms with Crippen LogP contribution in [0.2, 0.25) is 0 Å². The maximum Gasteiger partial charge on any atom is 0.352 e. The number of fused-ring (bicyclic) bond motifs is 1. The molecule has 1 aliphatic carbocycles. The zero-order valence-corrected chi connectivity index (χ0v) is 22.3. The number of hydrogen-bond donors (Lipinski definition) is 0. The summed E-state index contributed by atoms with van der Waals surface area (Å²) in [5.41, 5.74) is 3.39. The summed E-state index contributed by atoms with van der Waals surface area (Å²) >= 11 is 0. The minimum Gasteiger partial charge on any atom is -0.437 e. The fourth-order valence-electron chi connectivity index (χ4n) is 5.20. The summed E-state index contributed by atoms with van der Waals surface area (Å²) in [6.07, 6.45) is 2.87. The third kappa shape index (κ3) is 4.62. The first-order valence-corrected chi connectivity index (χ1v) is 11.9. The molecule has 1 saturated carbocycles. The SMILES string of the molecule is CC(=O)OOc1cccc(C[C@@H]2CCC3OC32c2nc(-c3ccccc3)c(-c3ccccc3)o2)c1.[Na]. The molecule has 36 heavy (non-hydrogen) atoms. The average molecular weight is 491 g/mol. The largest absolute Gasteiger partial charge is 0.437 e. The first kappa shape index (κ1) is 24.8. The summed E-state index contributed by atoms with van der Waals surface area (Å²) in [4.78, 5) is 25.9. The Morgan fingerprint density at radius 3 is 2.39 bits per heavy atom. The monoisotopic (exact) mass is 490 g/mol. The summed E-state index contributed by atoms with van der Waals surface area (Å²) in [5.74, 6) is 1.62. The van der Waals surface area contributed by atoms with Crippen LogP contribution in [0.15, 0.2) is 89.3 Å². The molecule has 0 spiro atoms. The number of benzene rings is 3. The molecule has 3 atom stereocenters. The van der Waals surface area contributed by atoms with Crippen molar-refractivity contribution in [1.29, 1.82) is 0 Å². The van der Waals surface area contributed by atoms with Gasteiger partial charge in [0.2, 0.25) is 5.89 Å². The second-order valence-corrected chi connectivity index (χ2v) is 9.11. The van der Waals surface area contributed by atoms with Gasteiger partial charge in [-0.3, -0.25) is 9.78 Å². The number of epoxide rings is 1. The van der Waals surface area contributed by atoms with Crippen LogP contribution in [0.25, 0.3) is 22.6 Å². The Morgan fingerprint density at radius 2 is 1.69 bits per heavy atom. The van der Waals surface area contributed by atoms with E-state index in [1.165, 1.54) is 6.92 Å². The molecule has 0 N–H and O–H groups in total. The fourth-order valence-corrected chi connectivity index (χ4v) is 5.20. The van der Waals surface area contributed by atoms with Gasteiger partial charge >= 0.3 is 5.97 Å². The van der Waals surface area contributed by atoms with E-state index in [2.05, 4.69) is 17.0 Å². The van der Waals surface area contributed by atoms with Crippen molar-refractivity contribution in [1.82, 2.24) is 4.98 Å². The minimum absolute atomic E-state index is 0. The molecule has 2 aliphatic rings. The van der Waals surface area contributed by atoms with Gasteiger partial charge < -0.3 is 9.15 Å². The van der Waals surface area contributed by atoms with Gasteiger partial charge in [-0.15, -0.1) is 0 Å². The molecular formula is C29H25NNaO5. The van der Waals surface area contributed by atoms with Gasteiger partial charge in [0.1, 0.15) is 5.69 Å². The Hall–Kier alpha value is -2.90. The standard InChI is InChI=1S/C29H25NO5.Na/c1-19(31)34-35-24-14-8-9-20(18-24)17-23-15-16-25-29(23,33-25)28-30-26(21-10-4-2-5-11-21)27(32-28)22-12-6-3-7-13-22;/h2-14,18,23,25H,15-17H2,1H3;/t23-,25?,29?;/m0./s1. The second-order valence-electron chi connectivity index (χ2n) is 9.11. The predicted octanol–water partition coefficient (Wildman–Crippen LogP) is 5.73. The molecule has 1 aromatic heterocycles. The molecule has 1 radical (unpaired) electrons. The van der Waals surface area contributed by atoms with Crippen molar-refractivity contribution in [2.45, 2.75) is 37.9 Å². The van der Waals surface area contributed by atoms with Gasteiger partial charge in [-0.05, 0) is 37.0 Å².